The molecule has 27 heavy (non-hydrogen) atoms. The smallest absolute Gasteiger partial charge is 0.123 e. The summed E-state index contributed by atoms with van der Waals surface area (Å²) in [5.74, 6) is -0.225. The minimum absolute atomic E-state index is 0.103. The Morgan fingerprint density at radius 2 is 1.67 bits per heavy atom. The molecule has 0 amide bonds. The largest absolute Gasteiger partial charge is 0.306 e. The van der Waals surface area contributed by atoms with Crippen molar-refractivity contribution in [2.24, 2.45) is 0 Å². The third-order valence-electron chi connectivity index (χ3n) is 4.86. The number of hydrogen-bond acceptors (Lipinski definition) is 2. The van der Waals surface area contributed by atoms with Crippen molar-refractivity contribution in [3.8, 4) is 0 Å². The molecule has 0 aliphatic carbocycles. The van der Waals surface area contributed by atoms with Crippen LogP contribution in [0.1, 0.15) is 41.0 Å². The molecule has 3 rings (SSSR count). The lowest BCUT2D eigenvalue weighted by molar-refractivity contribution is 0.567. The van der Waals surface area contributed by atoms with E-state index >= 15 is 0 Å². The van der Waals surface area contributed by atoms with Crippen molar-refractivity contribution >= 4 is 23.2 Å². The average molecular weight is 406 g/mol. The molecule has 0 aliphatic heterocycles. The third-order valence-corrected chi connectivity index (χ3v) is 5.56. The standard InChI is InChI=1S/C21H22Cl2FN3/c1-13(16-7-9-17(24)10-8-16)25-11-18-14(2)26-27(15(18)3)12-19-20(22)5-4-6-21(19)23/h4-10,13,25H,11-12H2,1-3H3/t13-/m0/s1. The molecule has 0 saturated carbocycles. The van der Waals surface area contributed by atoms with Crippen LogP contribution >= 0.6 is 23.2 Å². The van der Waals surface area contributed by atoms with Crippen molar-refractivity contribution in [1.82, 2.24) is 15.1 Å². The van der Waals surface area contributed by atoms with Crippen LogP contribution in [0.15, 0.2) is 42.5 Å². The lowest BCUT2D eigenvalue weighted by atomic mass is 10.1. The third kappa shape index (κ3) is 4.52. The summed E-state index contributed by atoms with van der Waals surface area (Å²) in [6.07, 6.45) is 0. The van der Waals surface area contributed by atoms with E-state index in [1.165, 1.54) is 12.1 Å². The summed E-state index contributed by atoms with van der Waals surface area (Å²) in [7, 11) is 0. The van der Waals surface area contributed by atoms with Crippen LogP contribution in [0.25, 0.3) is 0 Å². The van der Waals surface area contributed by atoms with E-state index in [-0.39, 0.29) is 11.9 Å². The van der Waals surface area contributed by atoms with Crippen LogP contribution in [0.3, 0.4) is 0 Å². The second-order valence-electron chi connectivity index (χ2n) is 6.66. The summed E-state index contributed by atoms with van der Waals surface area (Å²) < 4.78 is 15.0. The van der Waals surface area contributed by atoms with Crippen LogP contribution in [0.2, 0.25) is 10.0 Å². The van der Waals surface area contributed by atoms with Crippen LogP contribution in [-0.2, 0) is 13.1 Å². The summed E-state index contributed by atoms with van der Waals surface area (Å²) >= 11 is 12.6. The highest BCUT2D eigenvalue weighted by molar-refractivity contribution is 6.35. The van der Waals surface area contributed by atoms with Gasteiger partial charge in [-0.2, -0.15) is 5.10 Å². The molecule has 1 atom stereocenters. The van der Waals surface area contributed by atoms with Crippen molar-refractivity contribution in [3.63, 3.8) is 0 Å². The number of aromatic nitrogens is 2. The fourth-order valence-electron chi connectivity index (χ4n) is 3.10. The molecule has 2 aromatic carbocycles. The monoisotopic (exact) mass is 405 g/mol. The summed E-state index contributed by atoms with van der Waals surface area (Å²) in [6.45, 7) is 7.30. The van der Waals surface area contributed by atoms with Gasteiger partial charge in [-0.05, 0) is 50.6 Å². The number of nitrogens with one attached hydrogen (secondary N) is 1. The van der Waals surface area contributed by atoms with Crippen LogP contribution < -0.4 is 5.32 Å². The molecule has 0 unspecified atom stereocenters. The number of rotatable bonds is 6. The van der Waals surface area contributed by atoms with E-state index in [0.717, 1.165) is 28.1 Å². The summed E-state index contributed by atoms with van der Waals surface area (Å²) in [5, 5.41) is 9.43. The SMILES string of the molecule is Cc1nn(Cc2c(Cl)cccc2Cl)c(C)c1CN[C@@H](C)c1ccc(F)cc1. The van der Waals surface area contributed by atoms with Gasteiger partial charge in [0, 0.05) is 39.5 Å². The van der Waals surface area contributed by atoms with Crippen molar-refractivity contribution in [3.05, 3.63) is 86.4 Å². The van der Waals surface area contributed by atoms with Gasteiger partial charge < -0.3 is 5.32 Å². The molecule has 0 fully saturated rings. The molecular formula is C21H22Cl2FN3. The molecule has 0 saturated heterocycles. The molecule has 0 spiro atoms. The summed E-state index contributed by atoms with van der Waals surface area (Å²) in [6, 6.07) is 12.2. The zero-order valence-electron chi connectivity index (χ0n) is 15.6. The maximum atomic E-state index is 13.1. The van der Waals surface area contributed by atoms with Gasteiger partial charge in [0.2, 0.25) is 0 Å². The number of hydrogen-bond donors (Lipinski definition) is 1. The maximum absolute atomic E-state index is 13.1. The maximum Gasteiger partial charge on any atom is 0.123 e. The van der Waals surface area contributed by atoms with E-state index < -0.39 is 0 Å². The lowest BCUT2D eigenvalue weighted by Gasteiger charge is -2.15. The van der Waals surface area contributed by atoms with Gasteiger partial charge in [0.1, 0.15) is 5.82 Å². The van der Waals surface area contributed by atoms with Crippen molar-refractivity contribution in [2.75, 3.05) is 0 Å². The summed E-state index contributed by atoms with van der Waals surface area (Å²) in [5.41, 5.74) is 5.09. The first kappa shape index (κ1) is 19.9. The normalized spacial score (nSPS) is 12.4. The molecule has 0 radical (unpaired) electrons. The zero-order valence-corrected chi connectivity index (χ0v) is 17.1. The van der Waals surface area contributed by atoms with Gasteiger partial charge in [-0.25, -0.2) is 4.39 Å². The molecule has 3 aromatic rings. The molecular weight excluding hydrogens is 384 g/mol. The number of halogens is 3. The van der Waals surface area contributed by atoms with Gasteiger partial charge in [0.15, 0.2) is 0 Å². The first-order valence-electron chi connectivity index (χ1n) is 8.81. The van der Waals surface area contributed by atoms with Gasteiger partial charge in [0.25, 0.3) is 0 Å². The first-order chi connectivity index (χ1) is 12.9. The lowest BCUT2D eigenvalue weighted by Crippen LogP contribution is -2.19. The predicted octanol–water partition coefficient (Wildman–Crippen LogP) is 5.84. The Bertz CT molecular complexity index is 915. The van der Waals surface area contributed by atoms with Crippen molar-refractivity contribution in [2.45, 2.75) is 39.9 Å². The Balaban J connectivity index is 1.75. The van der Waals surface area contributed by atoms with Crippen molar-refractivity contribution < 1.29 is 4.39 Å². The van der Waals surface area contributed by atoms with Gasteiger partial charge in [-0.15, -0.1) is 0 Å². The quantitative estimate of drug-likeness (QED) is 0.557. The average Bonchev–Trinajstić information content (AvgIpc) is 2.90. The first-order valence-corrected chi connectivity index (χ1v) is 9.57. The van der Waals surface area contributed by atoms with Crippen LogP contribution in [0.5, 0.6) is 0 Å². The minimum atomic E-state index is -0.225. The molecule has 1 N–H and O–H groups in total. The van der Waals surface area contributed by atoms with E-state index in [4.69, 9.17) is 23.2 Å². The highest BCUT2D eigenvalue weighted by atomic mass is 35.5. The van der Waals surface area contributed by atoms with Crippen LogP contribution in [0, 0.1) is 19.7 Å². The number of benzene rings is 2. The topological polar surface area (TPSA) is 29.9 Å². The van der Waals surface area contributed by atoms with E-state index in [0.29, 0.717) is 23.1 Å². The predicted molar refractivity (Wildman–Crippen MR) is 109 cm³/mol. The fraction of sp³-hybridized carbons (Fsp3) is 0.286. The highest BCUT2D eigenvalue weighted by Crippen LogP contribution is 2.26. The van der Waals surface area contributed by atoms with Gasteiger partial charge in [-0.3, -0.25) is 4.68 Å². The molecule has 0 bridgehead atoms. The molecule has 1 aromatic heterocycles. The molecule has 0 aliphatic rings. The Labute approximate surface area is 169 Å². The van der Waals surface area contributed by atoms with E-state index in [1.54, 1.807) is 12.1 Å². The molecule has 142 valence electrons. The Morgan fingerprint density at radius 1 is 1.04 bits per heavy atom. The van der Waals surface area contributed by atoms with E-state index in [2.05, 4.69) is 17.3 Å². The van der Waals surface area contributed by atoms with Gasteiger partial charge in [-0.1, -0.05) is 41.4 Å². The molecule has 1 heterocycles. The Hall–Kier alpha value is -1.88. The second-order valence-corrected chi connectivity index (χ2v) is 7.48. The minimum Gasteiger partial charge on any atom is -0.306 e. The van der Waals surface area contributed by atoms with Crippen LogP contribution in [0.4, 0.5) is 4.39 Å². The summed E-state index contributed by atoms with van der Waals surface area (Å²) in [4.78, 5) is 0. The van der Waals surface area contributed by atoms with Crippen LogP contribution in [-0.4, -0.2) is 9.78 Å². The Kier molecular flexibility index (Phi) is 6.20. The fourth-order valence-corrected chi connectivity index (χ4v) is 3.62. The second kappa shape index (κ2) is 8.42. The van der Waals surface area contributed by atoms with E-state index in [1.807, 2.05) is 36.7 Å². The van der Waals surface area contributed by atoms with Gasteiger partial charge in [0.05, 0.1) is 12.2 Å². The Morgan fingerprint density at radius 3 is 2.30 bits per heavy atom. The van der Waals surface area contributed by atoms with E-state index in [9.17, 15) is 4.39 Å². The van der Waals surface area contributed by atoms with Gasteiger partial charge >= 0.3 is 0 Å². The molecule has 3 nitrogen and oxygen atoms in total. The number of nitrogens with zero attached hydrogens (tertiary/aromatic N) is 2. The van der Waals surface area contributed by atoms with Crippen molar-refractivity contribution in [1.29, 1.82) is 0 Å². The zero-order chi connectivity index (χ0) is 19.6. The highest BCUT2D eigenvalue weighted by Gasteiger charge is 2.15. The molecule has 6 heteroatoms. The number of aryl methyl sites for hydroxylation is 1.